The highest BCUT2D eigenvalue weighted by Crippen LogP contribution is 2.18. The Hall–Kier alpha value is -1.24. The Balaban J connectivity index is 2.67. The Morgan fingerprint density at radius 1 is 1.30 bits per heavy atom. The van der Waals surface area contributed by atoms with Crippen LogP contribution in [0, 0.1) is 12.4 Å². The molecule has 2 aliphatic rings. The van der Waals surface area contributed by atoms with Crippen LogP contribution in [0.4, 0.5) is 0 Å². The van der Waals surface area contributed by atoms with Crippen molar-refractivity contribution >= 4 is 0 Å². The van der Waals surface area contributed by atoms with E-state index in [0.717, 1.165) is 0 Å². The number of rotatable bonds is 0. The van der Waals surface area contributed by atoms with E-state index in [9.17, 15) is 0 Å². The number of fused-ring (bicyclic) bond motifs is 1. The van der Waals surface area contributed by atoms with Crippen LogP contribution in [0.2, 0.25) is 0 Å². The van der Waals surface area contributed by atoms with E-state index < -0.39 is 0 Å². The minimum absolute atomic E-state index is 0.0139. The predicted octanol–water partition coefficient (Wildman–Crippen LogP) is 0.235. The smallest absolute Gasteiger partial charge is 0.174 e. The van der Waals surface area contributed by atoms with Gasteiger partial charge in [-0.1, -0.05) is 0 Å². The zero-order chi connectivity index (χ0) is 7.35. The molecule has 2 bridgehead atoms. The number of nitrogens with zero attached hydrogens (tertiary/aromatic N) is 3. The SMILES string of the molecule is Cn1c#cn2[nH]n1C2(C)C. The van der Waals surface area contributed by atoms with Crippen LogP contribution in [0.25, 0.3) is 0 Å². The molecule has 4 nitrogen and oxygen atoms in total. The normalized spacial score (nSPS) is 17.5. The summed E-state index contributed by atoms with van der Waals surface area (Å²) < 4.78 is 3.73. The summed E-state index contributed by atoms with van der Waals surface area (Å²) in [7, 11) is 1.93. The number of H-pyrrole nitrogens is 1. The molecule has 0 atom stereocenters. The molecule has 0 spiro atoms. The average Bonchev–Trinajstić information content (AvgIpc) is 1.87. The summed E-state index contributed by atoms with van der Waals surface area (Å²) in [5.74, 6) is 0. The van der Waals surface area contributed by atoms with Crippen molar-refractivity contribution in [2.45, 2.75) is 19.5 Å². The first-order chi connectivity index (χ1) is 4.62. The lowest BCUT2D eigenvalue weighted by atomic mass is 10.2. The zero-order valence-corrected chi connectivity index (χ0v) is 6.34. The molecule has 0 fully saturated rings. The Morgan fingerprint density at radius 2 is 2.00 bits per heavy atom. The van der Waals surface area contributed by atoms with Crippen molar-refractivity contribution in [1.29, 1.82) is 0 Å². The minimum atomic E-state index is 0.0139. The summed E-state index contributed by atoms with van der Waals surface area (Å²) in [4.78, 5) is 1.98. The van der Waals surface area contributed by atoms with E-state index in [1.54, 1.807) is 0 Å². The lowest BCUT2D eigenvalue weighted by Gasteiger charge is -2.38. The highest BCUT2D eigenvalue weighted by atomic mass is 15.8. The monoisotopic (exact) mass is 138 g/mol. The summed E-state index contributed by atoms with van der Waals surface area (Å²) in [6.07, 6.45) is 5.85. The van der Waals surface area contributed by atoms with Gasteiger partial charge >= 0.3 is 0 Å². The van der Waals surface area contributed by atoms with E-state index in [2.05, 4.69) is 31.5 Å². The van der Waals surface area contributed by atoms with Gasteiger partial charge < -0.3 is 0 Å². The van der Waals surface area contributed by atoms with Crippen LogP contribution in [-0.2, 0) is 12.7 Å². The molecule has 0 radical (unpaired) electrons. The van der Waals surface area contributed by atoms with Crippen molar-refractivity contribution in [3.05, 3.63) is 12.4 Å². The van der Waals surface area contributed by atoms with E-state index in [1.807, 2.05) is 21.2 Å². The molecule has 4 heteroatoms. The highest BCUT2D eigenvalue weighted by molar-refractivity contribution is 4.79. The van der Waals surface area contributed by atoms with Crippen molar-refractivity contribution in [2.24, 2.45) is 7.05 Å². The van der Waals surface area contributed by atoms with Gasteiger partial charge in [-0.2, -0.15) is 9.48 Å². The van der Waals surface area contributed by atoms with E-state index in [1.165, 1.54) is 0 Å². The topological polar surface area (TPSA) is 30.6 Å². The first kappa shape index (κ1) is 5.54. The molecule has 0 aromatic carbocycles. The van der Waals surface area contributed by atoms with Gasteiger partial charge in [0.2, 0.25) is 0 Å². The predicted molar refractivity (Wildman–Crippen MR) is 35.8 cm³/mol. The Bertz CT molecular complexity index is 288. The van der Waals surface area contributed by atoms with E-state index >= 15 is 0 Å². The van der Waals surface area contributed by atoms with Crippen LogP contribution in [0.3, 0.4) is 0 Å². The van der Waals surface area contributed by atoms with Crippen molar-refractivity contribution in [3.8, 4) is 0 Å². The lowest BCUT2D eigenvalue weighted by molar-refractivity contribution is 0.0543. The van der Waals surface area contributed by atoms with Gasteiger partial charge in [-0.05, 0) is 13.8 Å². The van der Waals surface area contributed by atoms with Gasteiger partial charge in [-0.3, -0.25) is 0 Å². The van der Waals surface area contributed by atoms with Gasteiger partial charge in [0, 0.05) is 7.05 Å². The second-order valence-corrected chi connectivity index (χ2v) is 2.99. The number of hydrogen-bond donors (Lipinski definition) is 1. The number of aromatic nitrogens is 4. The van der Waals surface area contributed by atoms with Gasteiger partial charge in [-0.25, -0.2) is 9.90 Å². The van der Waals surface area contributed by atoms with E-state index in [-0.39, 0.29) is 5.66 Å². The molecule has 54 valence electrons. The van der Waals surface area contributed by atoms with E-state index in [0.29, 0.717) is 0 Å². The average molecular weight is 138 g/mol. The van der Waals surface area contributed by atoms with Crippen molar-refractivity contribution < 1.29 is 0 Å². The van der Waals surface area contributed by atoms with Crippen LogP contribution in [-0.4, -0.2) is 19.4 Å². The minimum Gasteiger partial charge on any atom is -0.227 e. The number of aromatic amines is 1. The molecule has 0 saturated heterocycles. The molecule has 1 N–H and O–H groups in total. The van der Waals surface area contributed by atoms with Crippen LogP contribution in [0.1, 0.15) is 13.8 Å². The first-order valence-corrected chi connectivity index (χ1v) is 3.24. The Kier molecular flexibility index (Phi) is 0.699. The summed E-state index contributed by atoms with van der Waals surface area (Å²) >= 11 is 0. The second kappa shape index (κ2) is 1.26. The van der Waals surface area contributed by atoms with Gasteiger partial charge in [0.15, 0.2) is 5.66 Å². The standard InChI is InChI=1S/C6H10N4/c1-6(2)9-5-4-8(3)10(6)7-9/h7H,1-3H3. The van der Waals surface area contributed by atoms with Crippen LogP contribution in [0.15, 0.2) is 0 Å². The third kappa shape index (κ3) is 0.397. The molecule has 1 aromatic heterocycles. The fraction of sp³-hybridized carbons (Fsp3) is 0.667. The van der Waals surface area contributed by atoms with Gasteiger partial charge in [-0.15, -0.1) is 0 Å². The first-order valence-electron chi connectivity index (χ1n) is 3.24. The summed E-state index contributed by atoms with van der Waals surface area (Å²) in [5.41, 5.74) is 0.0139. The van der Waals surface area contributed by atoms with Crippen molar-refractivity contribution in [2.75, 3.05) is 0 Å². The lowest BCUT2D eigenvalue weighted by Crippen LogP contribution is -2.52. The zero-order valence-electron chi connectivity index (χ0n) is 6.34. The van der Waals surface area contributed by atoms with Gasteiger partial charge in [0.25, 0.3) is 0 Å². The molecule has 0 unspecified atom stereocenters. The van der Waals surface area contributed by atoms with E-state index in [4.69, 9.17) is 0 Å². The van der Waals surface area contributed by atoms with Crippen LogP contribution < -0.4 is 0 Å². The number of hydrogen-bond acceptors (Lipinski definition) is 0. The maximum atomic E-state index is 3.04. The quantitative estimate of drug-likeness (QED) is 0.532. The van der Waals surface area contributed by atoms with Gasteiger partial charge in [0.1, 0.15) is 0 Å². The summed E-state index contributed by atoms with van der Waals surface area (Å²) in [5, 5.41) is 3.04. The van der Waals surface area contributed by atoms with Gasteiger partial charge in [0.05, 0.1) is 12.4 Å². The molecule has 0 saturated carbocycles. The largest absolute Gasteiger partial charge is 0.227 e. The van der Waals surface area contributed by atoms with Crippen LogP contribution in [0.5, 0.6) is 0 Å². The molecule has 10 heavy (non-hydrogen) atoms. The number of nitrogens with one attached hydrogen (secondary N) is 1. The fourth-order valence-corrected chi connectivity index (χ4v) is 1.16. The molecular formula is C6H10N4. The maximum absolute atomic E-state index is 3.04. The molecule has 2 aliphatic heterocycles. The molecule has 0 aliphatic carbocycles. The third-order valence-electron chi connectivity index (χ3n) is 1.88. The Labute approximate surface area is 59.3 Å². The Morgan fingerprint density at radius 3 is 2.30 bits per heavy atom. The molecular weight excluding hydrogens is 128 g/mol. The maximum Gasteiger partial charge on any atom is 0.174 e. The summed E-state index contributed by atoms with van der Waals surface area (Å²) in [6, 6.07) is 0. The molecule has 3 heterocycles. The third-order valence-corrected chi connectivity index (χ3v) is 1.88. The molecule has 3 rings (SSSR count). The van der Waals surface area contributed by atoms with Crippen LogP contribution >= 0.6 is 0 Å². The van der Waals surface area contributed by atoms with Crippen molar-refractivity contribution in [1.82, 2.24) is 19.4 Å². The van der Waals surface area contributed by atoms with Crippen molar-refractivity contribution in [3.63, 3.8) is 0 Å². The highest BCUT2D eigenvalue weighted by Gasteiger charge is 2.31. The summed E-state index contributed by atoms with van der Waals surface area (Å²) in [6.45, 7) is 4.21. The molecule has 0 amide bonds. The molecule has 1 aromatic rings. The fourth-order valence-electron chi connectivity index (χ4n) is 1.16. The second-order valence-electron chi connectivity index (χ2n) is 2.99.